The number of nitrogens with zero attached hydrogens (tertiary/aromatic N) is 1. The second-order valence-corrected chi connectivity index (χ2v) is 7.61. The summed E-state index contributed by atoms with van der Waals surface area (Å²) >= 11 is 1.71. The van der Waals surface area contributed by atoms with E-state index >= 15 is 0 Å². The second-order valence-electron chi connectivity index (χ2n) is 6.49. The monoisotopic (exact) mass is 360 g/mol. The van der Waals surface area contributed by atoms with E-state index in [0.29, 0.717) is 6.42 Å². The molecule has 0 aliphatic heterocycles. The summed E-state index contributed by atoms with van der Waals surface area (Å²) in [6.07, 6.45) is 7.26. The summed E-state index contributed by atoms with van der Waals surface area (Å²) in [5.74, 6) is -0.486. The van der Waals surface area contributed by atoms with Crippen LogP contribution >= 0.6 is 11.3 Å². The number of unbranched alkanes of at least 4 members (excludes halogenated alkanes) is 1. The third-order valence-electron chi connectivity index (χ3n) is 4.44. The van der Waals surface area contributed by atoms with Crippen molar-refractivity contribution in [2.75, 3.05) is 6.61 Å². The van der Waals surface area contributed by atoms with E-state index in [1.165, 1.54) is 17.5 Å². The summed E-state index contributed by atoms with van der Waals surface area (Å²) in [6.45, 7) is -0.160. The van der Waals surface area contributed by atoms with Crippen LogP contribution in [0.3, 0.4) is 0 Å². The van der Waals surface area contributed by atoms with Crippen LogP contribution in [-0.4, -0.2) is 29.5 Å². The molecule has 134 valence electrons. The number of ether oxygens (including phenoxy) is 1. The Morgan fingerprint density at radius 3 is 2.80 bits per heavy atom. The van der Waals surface area contributed by atoms with Gasteiger partial charge in [-0.05, 0) is 44.2 Å². The smallest absolute Gasteiger partial charge is 0.306 e. The Hall–Kier alpha value is -1.95. The maximum atomic E-state index is 11.7. The fourth-order valence-corrected chi connectivity index (χ4v) is 4.14. The predicted molar refractivity (Wildman–Crippen MR) is 98.5 cm³/mol. The lowest BCUT2D eigenvalue weighted by molar-refractivity contribution is -0.148. The van der Waals surface area contributed by atoms with Crippen molar-refractivity contribution in [2.45, 2.75) is 57.4 Å². The molecule has 0 saturated heterocycles. The Morgan fingerprint density at radius 1 is 1.20 bits per heavy atom. The van der Waals surface area contributed by atoms with Crippen LogP contribution in [0.4, 0.5) is 0 Å². The zero-order valence-corrected chi connectivity index (χ0v) is 15.1. The normalized spacial score (nSPS) is 14.7. The van der Waals surface area contributed by atoms with Crippen molar-refractivity contribution in [3.8, 4) is 0 Å². The van der Waals surface area contributed by atoms with Gasteiger partial charge in [-0.3, -0.25) is 9.59 Å². The number of hydrogen-bond donors (Lipinski definition) is 1. The van der Waals surface area contributed by atoms with Gasteiger partial charge in [0.25, 0.3) is 5.91 Å². The maximum Gasteiger partial charge on any atom is 0.306 e. The number of para-hydroxylation sites is 1. The molecule has 1 aromatic heterocycles. The summed E-state index contributed by atoms with van der Waals surface area (Å²) in [5, 5.41) is 4.01. The number of benzene rings is 1. The van der Waals surface area contributed by atoms with E-state index < -0.39 is 0 Å². The van der Waals surface area contributed by atoms with E-state index in [-0.39, 0.29) is 24.5 Å². The van der Waals surface area contributed by atoms with Crippen molar-refractivity contribution in [1.29, 1.82) is 0 Å². The van der Waals surface area contributed by atoms with Gasteiger partial charge in [0.2, 0.25) is 0 Å². The first-order chi connectivity index (χ1) is 12.2. The van der Waals surface area contributed by atoms with Crippen LogP contribution in [0.25, 0.3) is 10.2 Å². The molecule has 1 heterocycles. The summed E-state index contributed by atoms with van der Waals surface area (Å²) in [4.78, 5) is 28.0. The fraction of sp³-hybridized carbons (Fsp3) is 0.526. The van der Waals surface area contributed by atoms with E-state index in [0.717, 1.165) is 42.6 Å². The highest BCUT2D eigenvalue weighted by molar-refractivity contribution is 7.18. The number of rotatable bonds is 8. The second kappa shape index (κ2) is 8.94. The Bertz CT molecular complexity index is 689. The van der Waals surface area contributed by atoms with Crippen LogP contribution in [0.2, 0.25) is 0 Å². The zero-order valence-electron chi connectivity index (χ0n) is 14.3. The molecule has 0 unspecified atom stereocenters. The lowest BCUT2D eigenvalue weighted by Gasteiger charge is -2.11. The lowest BCUT2D eigenvalue weighted by atomic mass is 10.2. The van der Waals surface area contributed by atoms with Gasteiger partial charge in [0.1, 0.15) is 0 Å². The van der Waals surface area contributed by atoms with Gasteiger partial charge < -0.3 is 10.1 Å². The van der Waals surface area contributed by atoms with Gasteiger partial charge in [-0.25, -0.2) is 4.98 Å². The molecule has 2 aromatic rings. The number of thiazole rings is 1. The number of carbonyl (C=O) groups excluding carboxylic acids is 2. The predicted octanol–water partition coefficient (Wildman–Crippen LogP) is 3.61. The topological polar surface area (TPSA) is 68.3 Å². The summed E-state index contributed by atoms with van der Waals surface area (Å²) in [7, 11) is 0. The summed E-state index contributed by atoms with van der Waals surface area (Å²) in [6, 6.07) is 8.36. The average molecular weight is 360 g/mol. The molecule has 1 aliphatic carbocycles. The number of amides is 1. The first kappa shape index (κ1) is 17.9. The van der Waals surface area contributed by atoms with Crippen molar-refractivity contribution in [3.63, 3.8) is 0 Å². The van der Waals surface area contributed by atoms with Gasteiger partial charge in [0, 0.05) is 12.5 Å². The number of aromatic nitrogens is 1. The highest BCUT2D eigenvalue weighted by Gasteiger charge is 2.17. The first-order valence-corrected chi connectivity index (χ1v) is 9.82. The van der Waals surface area contributed by atoms with Crippen molar-refractivity contribution >= 4 is 33.4 Å². The van der Waals surface area contributed by atoms with Crippen molar-refractivity contribution < 1.29 is 14.3 Å². The van der Waals surface area contributed by atoms with Gasteiger partial charge >= 0.3 is 5.97 Å². The van der Waals surface area contributed by atoms with E-state index in [1.807, 2.05) is 18.2 Å². The van der Waals surface area contributed by atoms with E-state index in [1.54, 1.807) is 11.3 Å². The van der Waals surface area contributed by atoms with Gasteiger partial charge in [-0.2, -0.15) is 0 Å². The number of hydrogen-bond acceptors (Lipinski definition) is 5. The molecule has 1 saturated carbocycles. The van der Waals surface area contributed by atoms with Crippen LogP contribution in [0.5, 0.6) is 0 Å². The fourth-order valence-electron chi connectivity index (χ4n) is 3.13. The van der Waals surface area contributed by atoms with Crippen LogP contribution < -0.4 is 5.32 Å². The molecule has 0 atom stereocenters. The van der Waals surface area contributed by atoms with Crippen molar-refractivity contribution in [3.05, 3.63) is 29.3 Å². The Kier molecular flexibility index (Phi) is 6.39. The molecule has 3 rings (SSSR count). The molecule has 1 fully saturated rings. The minimum Gasteiger partial charge on any atom is -0.456 e. The van der Waals surface area contributed by atoms with Crippen LogP contribution in [0.15, 0.2) is 24.3 Å². The third-order valence-corrected chi connectivity index (χ3v) is 5.54. The molecule has 1 amide bonds. The van der Waals surface area contributed by atoms with Crippen LogP contribution in [0.1, 0.15) is 50.0 Å². The average Bonchev–Trinajstić information content (AvgIpc) is 3.25. The molecule has 1 aliphatic rings. The molecule has 6 heteroatoms. The van der Waals surface area contributed by atoms with E-state index in [4.69, 9.17) is 4.74 Å². The molecular weight excluding hydrogens is 336 g/mol. The highest BCUT2D eigenvalue weighted by Crippen LogP contribution is 2.23. The number of aryl methyl sites for hydroxylation is 1. The molecule has 0 radical (unpaired) electrons. The number of nitrogens with one attached hydrogen (secondary N) is 1. The van der Waals surface area contributed by atoms with Crippen molar-refractivity contribution in [1.82, 2.24) is 10.3 Å². The summed E-state index contributed by atoms with van der Waals surface area (Å²) < 4.78 is 6.25. The Labute approximate surface area is 151 Å². The quantitative estimate of drug-likeness (QED) is 0.577. The molecule has 0 spiro atoms. The molecule has 0 bridgehead atoms. The largest absolute Gasteiger partial charge is 0.456 e. The lowest BCUT2D eigenvalue weighted by Crippen LogP contribution is -2.35. The molecule has 1 N–H and O–H groups in total. The van der Waals surface area contributed by atoms with E-state index in [2.05, 4.69) is 16.4 Å². The minimum absolute atomic E-state index is 0.160. The van der Waals surface area contributed by atoms with Crippen LogP contribution in [0, 0.1) is 0 Å². The molecular formula is C19H24N2O3S. The molecule has 1 aromatic carbocycles. The van der Waals surface area contributed by atoms with E-state index in [9.17, 15) is 9.59 Å². The number of carbonyl (C=O) groups is 2. The molecule has 25 heavy (non-hydrogen) atoms. The van der Waals surface area contributed by atoms with Gasteiger partial charge in [0.05, 0.1) is 15.2 Å². The Morgan fingerprint density at radius 2 is 2.00 bits per heavy atom. The summed E-state index contributed by atoms with van der Waals surface area (Å²) in [5.41, 5.74) is 1.04. The van der Waals surface area contributed by atoms with Crippen molar-refractivity contribution in [2.24, 2.45) is 0 Å². The molecule has 5 nitrogen and oxygen atoms in total. The first-order valence-electron chi connectivity index (χ1n) is 9.00. The number of fused-ring (bicyclic) bond motifs is 1. The Balaban J connectivity index is 1.29. The van der Waals surface area contributed by atoms with Gasteiger partial charge in [-0.1, -0.05) is 25.0 Å². The van der Waals surface area contributed by atoms with Gasteiger partial charge in [0.15, 0.2) is 6.61 Å². The maximum absolute atomic E-state index is 11.7. The van der Waals surface area contributed by atoms with Crippen LogP contribution in [-0.2, 0) is 20.7 Å². The zero-order chi connectivity index (χ0) is 17.5. The number of esters is 1. The standard InChI is InChI=1S/C19H24N2O3S/c22-17(20-14-7-1-2-8-14)13-24-19(23)12-6-5-11-18-21-15-9-3-4-10-16(15)25-18/h3-4,9-10,14H,1-2,5-8,11-13H2,(H,20,22). The highest BCUT2D eigenvalue weighted by atomic mass is 32.1. The third kappa shape index (κ3) is 5.53. The van der Waals surface area contributed by atoms with Gasteiger partial charge in [-0.15, -0.1) is 11.3 Å². The SMILES string of the molecule is O=C(COC(=O)CCCCc1nc2ccccc2s1)NC1CCCC1. The minimum atomic E-state index is -0.300.